The molecule has 0 aliphatic heterocycles. The predicted molar refractivity (Wildman–Crippen MR) is 123 cm³/mol. The summed E-state index contributed by atoms with van der Waals surface area (Å²) >= 11 is 5.93. The number of carbonyl (C=O) groups is 1. The van der Waals surface area contributed by atoms with Gasteiger partial charge in [-0.15, -0.1) is 0 Å². The van der Waals surface area contributed by atoms with Gasteiger partial charge in [0.15, 0.2) is 0 Å². The maximum atomic E-state index is 12.6. The molecule has 4 aromatic heterocycles. The fourth-order valence-electron chi connectivity index (χ4n) is 4.03. The molecule has 0 aromatic carbocycles. The van der Waals surface area contributed by atoms with Gasteiger partial charge in [-0.25, -0.2) is 24.9 Å². The van der Waals surface area contributed by atoms with Crippen LogP contribution in [-0.4, -0.2) is 35.2 Å². The summed E-state index contributed by atoms with van der Waals surface area (Å²) in [6.07, 6.45) is 10.5. The van der Waals surface area contributed by atoms with Crippen LogP contribution in [0.5, 0.6) is 0 Å². The maximum absolute atomic E-state index is 12.6. The van der Waals surface area contributed by atoms with Crippen LogP contribution in [-0.2, 0) is 11.3 Å². The Kier molecular flexibility index (Phi) is 4.91. The Balaban J connectivity index is 1.08. The first-order valence-electron chi connectivity index (χ1n) is 10.9. The van der Waals surface area contributed by atoms with Gasteiger partial charge in [0.1, 0.15) is 34.6 Å². The molecule has 0 bridgehead atoms. The number of nitrogens with zero attached hydrogens (tertiary/aromatic N) is 6. The average Bonchev–Trinajstić information content (AvgIpc) is 3.74. The van der Waals surface area contributed by atoms with Gasteiger partial charge in [-0.1, -0.05) is 17.7 Å². The second-order valence-electron chi connectivity index (χ2n) is 8.55. The fraction of sp³-hybridized carbons (Fsp3) is 0.304. The molecular weight excluding hydrogens is 440 g/mol. The van der Waals surface area contributed by atoms with Gasteiger partial charge in [0, 0.05) is 36.5 Å². The standard InChI is InChI=1S/C23H21ClN8O/c24-18-5-6-25-22(30-18)16-7-17(16)23(33)31-20-8-19(27-12-28-20)26-9-15-11-32-10-14(13-1-2-13)3-4-21(32)29-15/h3-6,8,10-13,16-17H,1-2,7,9H2,(H2,26,27,28,31,33)/t16-,17-/m0/s1. The highest BCUT2D eigenvalue weighted by atomic mass is 35.5. The van der Waals surface area contributed by atoms with Crippen molar-refractivity contribution in [3.63, 3.8) is 0 Å². The molecule has 166 valence electrons. The van der Waals surface area contributed by atoms with Crippen molar-refractivity contribution < 1.29 is 4.79 Å². The second kappa shape index (κ2) is 8.08. The number of pyridine rings is 1. The largest absolute Gasteiger partial charge is 0.364 e. The Labute approximate surface area is 194 Å². The number of anilines is 2. The zero-order chi connectivity index (χ0) is 22.4. The van der Waals surface area contributed by atoms with Crippen LogP contribution in [0, 0.1) is 5.92 Å². The molecule has 10 heteroatoms. The van der Waals surface area contributed by atoms with Gasteiger partial charge in [-0.05, 0) is 42.9 Å². The van der Waals surface area contributed by atoms with Crippen molar-refractivity contribution in [3.8, 4) is 0 Å². The Bertz CT molecular complexity index is 1350. The van der Waals surface area contributed by atoms with E-state index in [2.05, 4.69) is 58.3 Å². The SMILES string of the molecule is O=C(Nc1cc(NCc2cn3cc(C4CC4)ccc3n2)ncn1)[C@H]1C[C@@H]1c1nccc(Cl)n1. The van der Waals surface area contributed by atoms with E-state index >= 15 is 0 Å². The summed E-state index contributed by atoms with van der Waals surface area (Å²) in [6, 6.07) is 7.57. The molecule has 6 rings (SSSR count). The molecule has 0 spiro atoms. The predicted octanol–water partition coefficient (Wildman–Crippen LogP) is 3.80. The zero-order valence-electron chi connectivity index (χ0n) is 17.6. The van der Waals surface area contributed by atoms with Crippen molar-refractivity contribution in [3.05, 3.63) is 71.4 Å². The van der Waals surface area contributed by atoms with Crippen LogP contribution < -0.4 is 10.6 Å². The quantitative estimate of drug-likeness (QED) is 0.403. The van der Waals surface area contributed by atoms with Crippen LogP contribution in [0.2, 0.25) is 5.15 Å². The first-order valence-corrected chi connectivity index (χ1v) is 11.3. The third kappa shape index (κ3) is 4.36. The summed E-state index contributed by atoms with van der Waals surface area (Å²) in [5, 5.41) is 6.50. The van der Waals surface area contributed by atoms with E-state index in [1.54, 1.807) is 18.3 Å². The summed E-state index contributed by atoms with van der Waals surface area (Å²) < 4.78 is 2.08. The summed E-state index contributed by atoms with van der Waals surface area (Å²) in [6.45, 7) is 0.516. The highest BCUT2D eigenvalue weighted by molar-refractivity contribution is 6.29. The number of hydrogen-bond donors (Lipinski definition) is 2. The van der Waals surface area contributed by atoms with E-state index in [4.69, 9.17) is 11.6 Å². The van der Waals surface area contributed by atoms with Crippen LogP contribution in [0.25, 0.3) is 5.65 Å². The van der Waals surface area contributed by atoms with Crippen molar-refractivity contribution in [2.24, 2.45) is 5.92 Å². The molecule has 2 N–H and O–H groups in total. The molecule has 0 radical (unpaired) electrons. The first-order chi connectivity index (χ1) is 16.1. The van der Waals surface area contributed by atoms with Gasteiger partial charge in [0.25, 0.3) is 0 Å². The molecule has 2 saturated carbocycles. The van der Waals surface area contributed by atoms with Gasteiger partial charge in [-0.2, -0.15) is 0 Å². The first kappa shape index (κ1) is 20.0. The minimum atomic E-state index is -0.187. The molecule has 2 aliphatic carbocycles. The van der Waals surface area contributed by atoms with Crippen molar-refractivity contribution in [2.75, 3.05) is 10.6 Å². The molecule has 0 saturated heterocycles. The number of imidazole rings is 1. The van der Waals surface area contributed by atoms with Crippen molar-refractivity contribution in [2.45, 2.75) is 37.6 Å². The molecule has 33 heavy (non-hydrogen) atoms. The number of aromatic nitrogens is 6. The number of amides is 1. The molecule has 2 aliphatic rings. The normalized spacial score (nSPS) is 19.4. The molecule has 1 amide bonds. The summed E-state index contributed by atoms with van der Waals surface area (Å²) in [4.78, 5) is 34.1. The van der Waals surface area contributed by atoms with E-state index in [0.717, 1.165) is 11.3 Å². The Hall–Kier alpha value is -3.59. The molecule has 4 heterocycles. The van der Waals surface area contributed by atoms with Gasteiger partial charge in [0.2, 0.25) is 5.91 Å². The second-order valence-corrected chi connectivity index (χ2v) is 8.94. The number of fused-ring (bicyclic) bond motifs is 1. The highest BCUT2D eigenvalue weighted by Gasteiger charge is 2.46. The third-order valence-electron chi connectivity index (χ3n) is 6.04. The third-order valence-corrected chi connectivity index (χ3v) is 6.25. The molecule has 9 nitrogen and oxygen atoms in total. The summed E-state index contributed by atoms with van der Waals surface area (Å²) in [7, 11) is 0. The van der Waals surface area contributed by atoms with Gasteiger partial charge in [-0.3, -0.25) is 4.79 Å². The number of hydrogen-bond acceptors (Lipinski definition) is 7. The smallest absolute Gasteiger partial charge is 0.229 e. The van der Waals surface area contributed by atoms with Crippen LogP contribution >= 0.6 is 11.6 Å². The van der Waals surface area contributed by atoms with E-state index in [-0.39, 0.29) is 17.7 Å². The van der Waals surface area contributed by atoms with Gasteiger partial charge < -0.3 is 15.0 Å². The fourth-order valence-corrected chi connectivity index (χ4v) is 4.17. The zero-order valence-corrected chi connectivity index (χ0v) is 18.4. The van der Waals surface area contributed by atoms with Gasteiger partial charge in [0.05, 0.1) is 12.2 Å². The summed E-state index contributed by atoms with van der Waals surface area (Å²) in [5.74, 6) is 2.05. The lowest BCUT2D eigenvalue weighted by atomic mass is 10.2. The Morgan fingerprint density at radius 3 is 2.82 bits per heavy atom. The lowest BCUT2D eigenvalue weighted by Gasteiger charge is -2.07. The van der Waals surface area contributed by atoms with E-state index in [9.17, 15) is 4.79 Å². The minimum Gasteiger partial charge on any atom is -0.364 e. The van der Waals surface area contributed by atoms with Crippen LogP contribution in [0.15, 0.2) is 49.2 Å². The lowest BCUT2D eigenvalue weighted by Crippen LogP contribution is -2.16. The van der Waals surface area contributed by atoms with E-state index < -0.39 is 0 Å². The van der Waals surface area contributed by atoms with Gasteiger partial charge >= 0.3 is 0 Å². The average molecular weight is 461 g/mol. The van der Waals surface area contributed by atoms with Crippen molar-refractivity contribution >= 4 is 34.8 Å². The molecular formula is C23H21ClN8O. The number of rotatable bonds is 7. The topological polar surface area (TPSA) is 110 Å². The monoisotopic (exact) mass is 460 g/mol. The summed E-state index contributed by atoms with van der Waals surface area (Å²) in [5.41, 5.74) is 3.21. The Morgan fingerprint density at radius 2 is 1.97 bits per heavy atom. The minimum absolute atomic E-state index is 0.0152. The molecule has 4 aromatic rings. The Morgan fingerprint density at radius 1 is 1.09 bits per heavy atom. The molecule has 2 atom stereocenters. The van der Waals surface area contributed by atoms with Crippen LogP contribution in [0.4, 0.5) is 11.6 Å². The number of carbonyl (C=O) groups excluding carboxylic acids is 1. The van der Waals surface area contributed by atoms with Crippen LogP contribution in [0.3, 0.4) is 0 Å². The number of nitrogens with one attached hydrogen (secondary N) is 2. The van der Waals surface area contributed by atoms with Crippen molar-refractivity contribution in [1.29, 1.82) is 0 Å². The lowest BCUT2D eigenvalue weighted by molar-refractivity contribution is -0.117. The van der Waals surface area contributed by atoms with Crippen molar-refractivity contribution in [1.82, 2.24) is 29.3 Å². The highest BCUT2D eigenvalue weighted by Crippen LogP contribution is 2.46. The van der Waals surface area contributed by atoms with Crippen LogP contribution in [0.1, 0.15) is 48.2 Å². The molecule has 2 fully saturated rings. The molecule has 0 unspecified atom stereocenters. The number of halogens is 1. The maximum Gasteiger partial charge on any atom is 0.229 e. The van der Waals surface area contributed by atoms with E-state index in [1.807, 2.05) is 6.20 Å². The van der Waals surface area contributed by atoms with E-state index in [1.165, 1.54) is 24.7 Å². The van der Waals surface area contributed by atoms with E-state index in [0.29, 0.717) is 41.5 Å².